The van der Waals surface area contributed by atoms with Crippen molar-refractivity contribution >= 4 is 11.9 Å². The summed E-state index contributed by atoms with van der Waals surface area (Å²) in [5.41, 5.74) is 2.91. The Morgan fingerprint density at radius 1 is 1.03 bits per heavy atom. The maximum absolute atomic E-state index is 13.4. The molecule has 0 unspecified atom stereocenters. The van der Waals surface area contributed by atoms with E-state index in [9.17, 15) is 14.0 Å². The van der Waals surface area contributed by atoms with Crippen LogP contribution in [-0.4, -0.2) is 45.2 Å². The number of amides is 1. The molecule has 0 aliphatic carbocycles. The minimum atomic E-state index is -0.720. The van der Waals surface area contributed by atoms with Gasteiger partial charge in [-0.2, -0.15) is 5.10 Å². The Labute approximate surface area is 190 Å². The molecule has 33 heavy (non-hydrogen) atoms. The molecule has 166 valence electrons. The lowest BCUT2D eigenvalue weighted by atomic mass is 10.2. The number of likely N-dealkylation sites (N-methyl/N-ethyl adjacent to an activating group) is 1. The van der Waals surface area contributed by atoms with Gasteiger partial charge in [-0.1, -0.05) is 30.3 Å². The van der Waals surface area contributed by atoms with Gasteiger partial charge in [0.1, 0.15) is 5.82 Å². The summed E-state index contributed by atoms with van der Waals surface area (Å²) < 4.78 is 20.2. The molecule has 0 spiro atoms. The Hall–Kier alpha value is -4.33. The summed E-state index contributed by atoms with van der Waals surface area (Å²) in [6.07, 6.45) is 3.34. The quantitative estimate of drug-likeness (QED) is 0.404. The third-order valence-corrected chi connectivity index (χ3v) is 4.94. The van der Waals surface area contributed by atoms with E-state index in [1.807, 2.05) is 36.4 Å². The first-order valence-corrected chi connectivity index (χ1v) is 10.2. The molecule has 0 atom stereocenters. The lowest BCUT2D eigenvalue weighted by molar-refractivity contribution is -0.133. The molecule has 0 aliphatic heterocycles. The number of pyridine rings is 1. The van der Waals surface area contributed by atoms with Crippen molar-refractivity contribution < 1.29 is 18.7 Å². The van der Waals surface area contributed by atoms with Gasteiger partial charge in [0.2, 0.25) is 0 Å². The van der Waals surface area contributed by atoms with Crippen molar-refractivity contribution in [1.82, 2.24) is 19.7 Å². The number of nitrogens with zero attached hydrogens (tertiary/aromatic N) is 4. The normalized spacial score (nSPS) is 10.6. The highest BCUT2D eigenvalue weighted by molar-refractivity contribution is 5.91. The summed E-state index contributed by atoms with van der Waals surface area (Å²) in [4.78, 5) is 30.6. The monoisotopic (exact) mass is 444 g/mol. The molecule has 7 nitrogen and oxygen atoms in total. The molecule has 2 heterocycles. The SMILES string of the molecule is CN(Cc1cccc(F)c1)C(=O)COC(=O)c1cc(-c2cccnc2)n(-c2ccccc2)n1. The summed E-state index contributed by atoms with van der Waals surface area (Å²) in [5.74, 6) is -1.51. The van der Waals surface area contributed by atoms with Gasteiger partial charge in [-0.3, -0.25) is 9.78 Å². The number of carbonyl (C=O) groups is 2. The van der Waals surface area contributed by atoms with E-state index in [2.05, 4.69) is 10.1 Å². The zero-order valence-electron chi connectivity index (χ0n) is 17.9. The van der Waals surface area contributed by atoms with Crippen molar-refractivity contribution in [1.29, 1.82) is 0 Å². The molecule has 0 saturated heterocycles. The molecule has 0 radical (unpaired) electrons. The number of hydrogen-bond donors (Lipinski definition) is 0. The fourth-order valence-electron chi connectivity index (χ4n) is 3.28. The molecular formula is C25H21FN4O3. The smallest absolute Gasteiger partial charge is 0.359 e. The van der Waals surface area contributed by atoms with Gasteiger partial charge in [0.25, 0.3) is 5.91 Å². The van der Waals surface area contributed by atoms with Crippen LogP contribution in [0.4, 0.5) is 4.39 Å². The molecule has 0 fully saturated rings. The topological polar surface area (TPSA) is 77.3 Å². The van der Waals surface area contributed by atoms with Gasteiger partial charge < -0.3 is 9.64 Å². The lowest BCUT2D eigenvalue weighted by Crippen LogP contribution is -2.30. The van der Waals surface area contributed by atoms with E-state index in [-0.39, 0.29) is 18.1 Å². The first-order chi connectivity index (χ1) is 16.0. The lowest BCUT2D eigenvalue weighted by Gasteiger charge is -2.17. The zero-order valence-corrected chi connectivity index (χ0v) is 17.9. The van der Waals surface area contributed by atoms with E-state index < -0.39 is 18.5 Å². The molecule has 4 rings (SSSR count). The van der Waals surface area contributed by atoms with E-state index in [0.717, 1.165) is 11.3 Å². The van der Waals surface area contributed by atoms with Gasteiger partial charge in [0.15, 0.2) is 12.3 Å². The Balaban J connectivity index is 1.48. The number of ether oxygens (including phenoxy) is 1. The van der Waals surface area contributed by atoms with Crippen molar-refractivity contribution in [2.24, 2.45) is 0 Å². The Morgan fingerprint density at radius 3 is 2.58 bits per heavy atom. The van der Waals surface area contributed by atoms with Crippen LogP contribution in [-0.2, 0) is 16.1 Å². The summed E-state index contributed by atoms with van der Waals surface area (Å²) in [5, 5.41) is 4.40. The Kier molecular flexibility index (Phi) is 6.54. The van der Waals surface area contributed by atoms with E-state index in [0.29, 0.717) is 11.3 Å². The number of rotatable bonds is 7. The van der Waals surface area contributed by atoms with Crippen molar-refractivity contribution in [2.45, 2.75) is 6.54 Å². The molecule has 0 saturated carbocycles. The van der Waals surface area contributed by atoms with Crippen LogP contribution in [0.5, 0.6) is 0 Å². The predicted octanol–water partition coefficient (Wildman–Crippen LogP) is 3.89. The first-order valence-electron chi connectivity index (χ1n) is 10.2. The summed E-state index contributed by atoms with van der Waals surface area (Å²) in [7, 11) is 1.56. The Bertz CT molecular complexity index is 1200. The summed E-state index contributed by atoms with van der Waals surface area (Å²) in [6.45, 7) is -0.257. The van der Waals surface area contributed by atoms with E-state index in [4.69, 9.17) is 4.74 Å². The Morgan fingerprint density at radius 2 is 1.85 bits per heavy atom. The van der Waals surface area contributed by atoms with E-state index >= 15 is 0 Å². The number of hydrogen-bond acceptors (Lipinski definition) is 5. The fraction of sp³-hybridized carbons (Fsp3) is 0.120. The highest BCUT2D eigenvalue weighted by Gasteiger charge is 2.20. The van der Waals surface area contributed by atoms with Gasteiger partial charge in [-0.25, -0.2) is 13.9 Å². The molecule has 0 N–H and O–H groups in total. The maximum Gasteiger partial charge on any atom is 0.359 e. The zero-order chi connectivity index (χ0) is 23.2. The standard InChI is InChI=1S/C25H21FN4O3/c1-29(16-18-7-5-9-20(26)13-18)24(31)17-33-25(32)22-14-23(19-8-6-12-27-15-19)30(28-22)21-10-3-2-4-11-21/h2-15H,16-17H2,1H3. The minimum Gasteiger partial charge on any atom is -0.451 e. The highest BCUT2D eigenvalue weighted by atomic mass is 19.1. The number of benzene rings is 2. The van der Waals surface area contributed by atoms with Crippen molar-refractivity contribution in [2.75, 3.05) is 13.7 Å². The highest BCUT2D eigenvalue weighted by Crippen LogP contribution is 2.23. The molecular weight excluding hydrogens is 423 g/mol. The number of aromatic nitrogens is 3. The fourth-order valence-corrected chi connectivity index (χ4v) is 3.28. The third kappa shape index (κ3) is 5.30. The second kappa shape index (κ2) is 9.86. The van der Waals surface area contributed by atoms with Gasteiger partial charge in [-0.15, -0.1) is 0 Å². The van der Waals surface area contributed by atoms with Crippen LogP contribution >= 0.6 is 0 Å². The molecule has 0 bridgehead atoms. The van der Waals surface area contributed by atoms with Gasteiger partial charge in [0.05, 0.1) is 11.4 Å². The van der Waals surface area contributed by atoms with Crippen molar-refractivity contribution in [3.8, 4) is 16.9 Å². The van der Waals surface area contributed by atoms with Crippen LogP contribution in [0.15, 0.2) is 85.2 Å². The van der Waals surface area contributed by atoms with Gasteiger partial charge in [0, 0.05) is 31.5 Å². The van der Waals surface area contributed by atoms with Crippen LogP contribution in [0.3, 0.4) is 0 Å². The van der Waals surface area contributed by atoms with Crippen LogP contribution in [0.2, 0.25) is 0 Å². The number of esters is 1. The average molecular weight is 444 g/mol. The second-order valence-electron chi connectivity index (χ2n) is 7.36. The molecule has 8 heteroatoms. The van der Waals surface area contributed by atoms with Gasteiger partial charge in [-0.05, 0) is 48.0 Å². The molecule has 2 aromatic carbocycles. The van der Waals surface area contributed by atoms with Crippen LogP contribution in [0.1, 0.15) is 16.1 Å². The van der Waals surface area contributed by atoms with E-state index in [1.165, 1.54) is 17.0 Å². The summed E-state index contributed by atoms with van der Waals surface area (Å²) in [6, 6.07) is 20.6. The van der Waals surface area contributed by atoms with E-state index in [1.54, 1.807) is 48.4 Å². The van der Waals surface area contributed by atoms with Crippen LogP contribution in [0.25, 0.3) is 16.9 Å². The molecule has 0 aliphatic rings. The third-order valence-electron chi connectivity index (χ3n) is 4.94. The van der Waals surface area contributed by atoms with Crippen LogP contribution < -0.4 is 0 Å². The largest absolute Gasteiger partial charge is 0.451 e. The number of para-hydroxylation sites is 1. The molecule has 1 amide bonds. The minimum absolute atomic E-state index is 0.0679. The predicted molar refractivity (Wildman–Crippen MR) is 120 cm³/mol. The molecule has 4 aromatic rings. The second-order valence-corrected chi connectivity index (χ2v) is 7.36. The number of halogens is 1. The van der Waals surface area contributed by atoms with Gasteiger partial charge >= 0.3 is 5.97 Å². The van der Waals surface area contributed by atoms with Crippen molar-refractivity contribution in [3.63, 3.8) is 0 Å². The van der Waals surface area contributed by atoms with Crippen molar-refractivity contribution in [3.05, 3.63) is 102 Å². The summed E-state index contributed by atoms with van der Waals surface area (Å²) >= 11 is 0. The first kappa shape index (κ1) is 21.9. The maximum atomic E-state index is 13.4. The number of carbonyl (C=O) groups excluding carboxylic acids is 2. The van der Waals surface area contributed by atoms with Crippen LogP contribution in [0, 0.1) is 5.82 Å². The molecule has 2 aromatic heterocycles. The average Bonchev–Trinajstić information content (AvgIpc) is 3.29.